The minimum atomic E-state index is -1.09. The van der Waals surface area contributed by atoms with Crippen LogP contribution in [0.4, 0.5) is 0 Å². The second kappa shape index (κ2) is 9.18. The molecule has 2 rings (SSSR count). The van der Waals surface area contributed by atoms with Gasteiger partial charge in [0, 0.05) is 18.6 Å². The maximum Gasteiger partial charge on any atom is 0.157 e. The molecule has 0 saturated carbocycles. The minimum absolute atomic E-state index is 0.215. The Hall–Kier alpha value is -2.20. The van der Waals surface area contributed by atoms with Crippen molar-refractivity contribution >= 4 is 20.5 Å². The SMILES string of the molecule is CC(CC(=O)Cc1ccccc1)=NN(Cc1ccccc1)[SiH](C)C. The molecular weight excluding hydrogens is 312 g/mol. The Morgan fingerprint density at radius 1 is 0.958 bits per heavy atom. The van der Waals surface area contributed by atoms with E-state index < -0.39 is 8.96 Å². The molecule has 0 unspecified atom stereocenters. The van der Waals surface area contributed by atoms with Crippen LogP contribution in [0, 0.1) is 0 Å². The molecule has 0 aromatic heterocycles. The van der Waals surface area contributed by atoms with Gasteiger partial charge in [0.15, 0.2) is 8.96 Å². The van der Waals surface area contributed by atoms with E-state index >= 15 is 0 Å². The van der Waals surface area contributed by atoms with Crippen LogP contribution in [0.1, 0.15) is 24.5 Å². The highest BCUT2D eigenvalue weighted by atomic mass is 28.3. The summed E-state index contributed by atoms with van der Waals surface area (Å²) in [4.78, 5) is 12.2. The maximum absolute atomic E-state index is 12.2. The standard InChI is InChI=1S/C20H26N2OSi/c1-17(14-20(23)15-18-10-6-4-7-11-18)21-22(24(2)3)16-19-12-8-5-9-13-19/h4-13,24H,14-16H2,1-3H3. The molecule has 4 heteroatoms. The molecule has 0 amide bonds. The van der Waals surface area contributed by atoms with Gasteiger partial charge in [-0.2, -0.15) is 5.10 Å². The van der Waals surface area contributed by atoms with Crippen molar-refractivity contribution in [3.8, 4) is 0 Å². The lowest BCUT2D eigenvalue weighted by Crippen LogP contribution is -2.30. The zero-order valence-electron chi connectivity index (χ0n) is 14.8. The average molecular weight is 339 g/mol. The van der Waals surface area contributed by atoms with Gasteiger partial charge in [0.05, 0.1) is 6.54 Å². The molecule has 2 aromatic rings. The molecule has 0 N–H and O–H groups in total. The van der Waals surface area contributed by atoms with Gasteiger partial charge in [-0.25, -0.2) is 0 Å². The van der Waals surface area contributed by atoms with Crippen LogP contribution in [-0.4, -0.2) is 25.1 Å². The van der Waals surface area contributed by atoms with E-state index in [2.05, 4.69) is 42.0 Å². The molecule has 2 aromatic carbocycles. The zero-order chi connectivity index (χ0) is 17.4. The van der Waals surface area contributed by atoms with Gasteiger partial charge >= 0.3 is 0 Å². The second-order valence-electron chi connectivity index (χ2n) is 6.39. The van der Waals surface area contributed by atoms with E-state index in [1.807, 2.05) is 43.3 Å². The predicted molar refractivity (Wildman–Crippen MR) is 104 cm³/mol. The fraction of sp³-hybridized carbons (Fsp3) is 0.300. The summed E-state index contributed by atoms with van der Waals surface area (Å²) < 4.78 is 2.18. The fourth-order valence-electron chi connectivity index (χ4n) is 2.53. The number of hydrazone groups is 1. The third-order valence-corrected chi connectivity index (χ3v) is 5.27. The van der Waals surface area contributed by atoms with Crippen LogP contribution in [0.3, 0.4) is 0 Å². The molecule has 0 fully saturated rings. The first kappa shape index (κ1) is 18.1. The third kappa shape index (κ3) is 6.12. The van der Waals surface area contributed by atoms with E-state index in [0.29, 0.717) is 12.8 Å². The summed E-state index contributed by atoms with van der Waals surface area (Å²) in [6.45, 7) is 7.28. The van der Waals surface area contributed by atoms with E-state index in [1.165, 1.54) is 5.56 Å². The molecule has 126 valence electrons. The summed E-state index contributed by atoms with van der Waals surface area (Å²) in [5.74, 6) is 0.215. The molecule has 0 bridgehead atoms. The van der Waals surface area contributed by atoms with Crippen LogP contribution in [0.15, 0.2) is 65.8 Å². The van der Waals surface area contributed by atoms with Crippen molar-refractivity contribution in [3.63, 3.8) is 0 Å². The molecule has 24 heavy (non-hydrogen) atoms. The molecule has 3 nitrogen and oxygen atoms in total. The molecule has 0 spiro atoms. The number of hydrogen-bond acceptors (Lipinski definition) is 3. The van der Waals surface area contributed by atoms with Crippen LogP contribution in [0.2, 0.25) is 13.1 Å². The van der Waals surface area contributed by atoms with E-state index in [-0.39, 0.29) is 5.78 Å². The predicted octanol–water partition coefficient (Wildman–Crippen LogP) is 4.05. The van der Waals surface area contributed by atoms with Gasteiger partial charge in [-0.1, -0.05) is 73.8 Å². The summed E-state index contributed by atoms with van der Waals surface area (Å²) in [6, 6.07) is 20.3. The van der Waals surface area contributed by atoms with Crippen molar-refractivity contribution in [3.05, 3.63) is 71.8 Å². The monoisotopic (exact) mass is 338 g/mol. The Balaban J connectivity index is 1.97. The van der Waals surface area contributed by atoms with Gasteiger partial charge in [-0.3, -0.25) is 4.79 Å². The summed E-state index contributed by atoms with van der Waals surface area (Å²) in [5.41, 5.74) is 3.22. The summed E-state index contributed by atoms with van der Waals surface area (Å²) in [6.07, 6.45) is 0.896. The number of Topliss-reactive ketones (excluding diaryl/α,β-unsaturated/α-hetero) is 1. The minimum Gasteiger partial charge on any atom is -0.324 e. The van der Waals surface area contributed by atoms with Crippen LogP contribution >= 0.6 is 0 Å². The van der Waals surface area contributed by atoms with Crippen molar-refractivity contribution in [1.82, 2.24) is 4.67 Å². The highest BCUT2D eigenvalue weighted by Gasteiger charge is 2.11. The van der Waals surface area contributed by atoms with Crippen molar-refractivity contribution in [2.75, 3.05) is 0 Å². The highest BCUT2D eigenvalue weighted by Crippen LogP contribution is 2.09. The Morgan fingerprint density at radius 2 is 1.50 bits per heavy atom. The van der Waals surface area contributed by atoms with Gasteiger partial charge in [-0.15, -0.1) is 0 Å². The first-order chi connectivity index (χ1) is 11.5. The molecule has 0 saturated heterocycles. The molecule has 0 atom stereocenters. The first-order valence-electron chi connectivity index (χ1n) is 8.45. The lowest BCUT2D eigenvalue weighted by atomic mass is 10.1. The molecular formula is C20H26N2OSi. The second-order valence-corrected chi connectivity index (χ2v) is 9.17. The van der Waals surface area contributed by atoms with Crippen LogP contribution < -0.4 is 0 Å². The highest BCUT2D eigenvalue weighted by molar-refractivity contribution is 6.52. The van der Waals surface area contributed by atoms with E-state index in [1.54, 1.807) is 0 Å². The van der Waals surface area contributed by atoms with E-state index in [4.69, 9.17) is 5.10 Å². The maximum atomic E-state index is 12.2. The Labute approximate surface area is 146 Å². The average Bonchev–Trinajstić information content (AvgIpc) is 2.55. The zero-order valence-corrected chi connectivity index (χ0v) is 15.9. The quantitative estimate of drug-likeness (QED) is 0.413. The van der Waals surface area contributed by atoms with Crippen LogP contribution in [0.5, 0.6) is 0 Å². The van der Waals surface area contributed by atoms with Gasteiger partial charge in [-0.05, 0) is 18.1 Å². The van der Waals surface area contributed by atoms with Crippen molar-refractivity contribution in [1.29, 1.82) is 0 Å². The van der Waals surface area contributed by atoms with Crippen LogP contribution in [0.25, 0.3) is 0 Å². The lowest BCUT2D eigenvalue weighted by Gasteiger charge is -2.24. The summed E-state index contributed by atoms with van der Waals surface area (Å²) in [5, 5.41) is 4.74. The van der Waals surface area contributed by atoms with Crippen LogP contribution in [-0.2, 0) is 17.8 Å². The number of hydrogen-bond donors (Lipinski definition) is 0. The van der Waals surface area contributed by atoms with Crippen molar-refractivity contribution in [2.45, 2.75) is 39.4 Å². The molecule has 0 aliphatic rings. The van der Waals surface area contributed by atoms with Gasteiger partial charge in [0.1, 0.15) is 5.78 Å². The molecule has 0 aliphatic heterocycles. The summed E-state index contributed by atoms with van der Waals surface area (Å²) in [7, 11) is -1.09. The van der Waals surface area contributed by atoms with E-state index in [0.717, 1.165) is 17.8 Å². The molecule has 0 radical (unpaired) electrons. The number of carbonyl (C=O) groups excluding carboxylic acids is 1. The number of ketones is 1. The lowest BCUT2D eigenvalue weighted by molar-refractivity contribution is -0.117. The number of benzene rings is 2. The topological polar surface area (TPSA) is 32.7 Å². The van der Waals surface area contributed by atoms with Gasteiger partial charge in [0.25, 0.3) is 0 Å². The Morgan fingerprint density at radius 3 is 2.04 bits per heavy atom. The fourth-order valence-corrected chi connectivity index (χ4v) is 3.53. The summed E-state index contributed by atoms with van der Waals surface area (Å²) >= 11 is 0. The first-order valence-corrected chi connectivity index (χ1v) is 11.3. The number of rotatable bonds is 8. The number of nitrogens with zero attached hydrogens (tertiary/aromatic N) is 2. The third-order valence-electron chi connectivity index (χ3n) is 3.78. The Kier molecular flexibility index (Phi) is 6.94. The number of carbonyl (C=O) groups is 1. The van der Waals surface area contributed by atoms with Crippen molar-refractivity contribution in [2.24, 2.45) is 5.10 Å². The normalized spacial score (nSPS) is 11.6. The smallest absolute Gasteiger partial charge is 0.157 e. The van der Waals surface area contributed by atoms with Gasteiger partial charge < -0.3 is 4.67 Å². The largest absolute Gasteiger partial charge is 0.324 e. The van der Waals surface area contributed by atoms with Gasteiger partial charge in [0.2, 0.25) is 0 Å². The molecule has 0 heterocycles. The van der Waals surface area contributed by atoms with E-state index in [9.17, 15) is 4.79 Å². The Bertz CT molecular complexity index is 669. The molecule has 0 aliphatic carbocycles. The van der Waals surface area contributed by atoms with Crippen molar-refractivity contribution < 1.29 is 4.79 Å².